The number of hydrogen-bond acceptors (Lipinski definition) is 1. The number of hydrogen-bond donors (Lipinski definition) is 0. The molecular weight excluding hydrogens is 292 g/mol. The van der Waals surface area contributed by atoms with Gasteiger partial charge in [-0.25, -0.2) is 0 Å². The van der Waals surface area contributed by atoms with Crippen molar-refractivity contribution in [2.75, 3.05) is 13.2 Å². The largest absolute Gasteiger partial charge is 0.381 e. The van der Waals surface area contributed by atoms with Gasteiger partial charge in [-0.15, -0.1) is 0 Å². The third-order valence-electron chi connectivity index (χ3n) is 4.99. The zero-order valence-corrected chi connectivity index (χ0v) is 17.3. The fraction of sp³-hybridized carbons (Fsp3) is 1.00. The summed E-state index contributed by atoms with van der Waals surface area (Å²) in [6, 6.07) is 0. The standard InChI is InChI=1S/C23H48O/c1-3-5-6-7-8-9-10-11-12-13-14-15-16-17-18-19-20-21-23-24-22-4-2/h3-23H2,1-2H3. The van der Waals surface area contributed by atoms with Crippen molar-refractivity contribution >= 4 is 0 Å². The Balaban J connectivity index is 2.93. The highest BCUT2D eigenvalue weighted by Crippen LogP contribution is 2.14. The Hall–Kier alpha value is -0.0400. The zero-order valence-electron chi connectivity index (χ0n) is 17.3. The second kappa shape index (κ2) is 23.0. The van der Waals surface area contributed by atoms with E-state index in [4.69, 9.17) is 4.74 Å². The molecule has 0 rings (SSSR count). The first-order valence-corrected chi connectivity index (χ1v) is 11.5. The van der Waals surface area contributed by atoms with Crippen LogP contribution in [0, 0.1) is 0 Å². The van der Waals surface area contributed by atoms with Crippen molar-refractivity contribution in [3.8, 4) is 0 Å². The summed E-state index contributed by atoms with van der Waals surface area (Å²) in [6.07, 6.45) is 27.1. The molecule has 0 bridgehead atoms. The van der Waals surface area contributed by atoms with Crippen LogP contribution in [0.5, 0.6) is 0 Å². The first kappa shape index (κ1) is 24.0. The second-order valence-corrected chi connectivity index (χ2v) is 7.62. The molecule has 0 aliphatic heterocycles. The highest BCUT2D eigenvalue weighted by molar-refractivity contribution is 4.50. The zero-order chi connectivity index (χ0) is 17.6. The molecule has 0 aliphatic rings. The van der Waals surface area contributed by atoms with Crippen LogP contribution in [0.15, 0.2) is 0 Å². The Labute approximate surface area is 154 Å². The van der Waals surface area contributed by atoms with Crippen LogP contribution >= 0.6 is 0 Å². The van der Waals surface area contributed by atoms with Gasteiger partial charge in [-0.3, -0.25) is 0 Å². The lowest BCUT2D eigenvalue weighted by Crippen LogP contribution is -1.95. The minimum absolute atomic E-state index is 0.943. The van der Waals surface area contributed by atoms with E-state index in [0.29, 0.717) is 0 Å². The van der Waals surface area contributed by atoms with Crippen molar-refractivity contribution in [3.63, 3.8) is 0 Å². The highest BCUT2D eigenvalue weighted by atomic mass is 16.5. The molecule has 0 N–H and O–H groups in total. The second-order valence-electron chi connectivity index (χ2n) is 7.62. The van der Waals surface area contributed by atoms with Crippen molar-refractivity contribution in [2.24, 2.45) is 0 Å². The maximum Gasteiger partial charge on any atom is 0.0466 e. The Morgan fingerprint density at radius 3 is 1.00 bits per heavy atom. The molecule has 0 spiro atoms. The van der Waals surface area contributed by atoms with Gasteiger partial charge in [0.25, 0.3) is 0 Å². The smallest absolute Gasteiger partial charge is 0.0466 e. The van der Waals surface area contributed by atoms with E-state index in [1.54, 1.807) is 0 Å². The first-order valence-electron chi connectivity index (χ1n) is 11.5. The van der Waals surface area contributed by atoms with Gasteiger partial charge in [0.15, 0.2) is 0 Å². The van der Waals surface area contributed by atoms with Crippen LogP contribution in [-0.2, 0) is 4.74 Å². The minimum atomic E-state index is 0.943. The van der Waals surface area contributed by atoms with Crippen LogP contribution in [0.25, 0.3) is 0 Å². The number of rotatable bonds is 21. The summed E-state index contributed by atoms with van der Waals surface area (Å²) in [6.45, 7) is 6.40. The molecule has 0 aliphatic carbocycles. The van der Waals surface area contributed by atoms with Crippen LogP contribution in [0.1, 0.15) is 136 Å². The normalized spacial score (nSPS) is 11.2. The van der Waals surface area contributed by atoms with Crippen LogP contribution < -0.4 is 0 Å². The van der Waals surface area contributed by atoms with Gasteiger partial charge < -0.3 is 4.74 Å². The Morgan fingerprint density at radius 2 is 0.667 bits per heavy atom. The first-order chi connectivity index (χ1) is 11.9. The number of ether oxygens (including phenoxy) is 1. The molecule has 0 aromatic heterocycles. The molecule has 0 fully saturated rings. The number of unbranched alkanes of at least 4 members (excludes halogenated alkanes) is 17. The summed E-state index contributed by atoms with van der Waals surface area (Å²) in [5.74, 6) is 0. The van der Waals surface area contributed by atoms with E-state index in [-0.39, 0.29) is 0 Å². The summed E-state index contributed by atoms with van der Waals surface area (Å²) in [5, 5.41) is 0. The lowest BCUT2D eigenvalue weighted by molar-refractivity contribution is 0.130. The summed E-state index contributed by atoms with van der Waals surface area (Å²) in [7, 11) is 0. The molecule has 1 heteroatoms. The maximum atomic E-state index is 5.51. The molecule has 0 heterocycles. The summed E-state index contributed by atoms with van der Waals surface area (Å²) >= 11 is 0. The van der Waals surface area contributed by atoms with Gasteiger partial charge >= 0.3 is 0 Å². The highest BCUT2D eigenvalue weighted by Gasteiger charge is 1.95. The van der Waals surface area contributed by atoms with E-state index in [9.17, 15) is 0 Å². The monoisotopic (exact) mass is 340 g/mol. The van der Waals surface area contributed by atoms with E-state index in [0.717, 1.165) is 19.6 Å². The Morgan fingerprint density at radius 1 is 0.333 bits per heavy atom. The summed E-state index contributed by atoms with van der Waals surface area (Å²) < 4.78 is 5.51. The maximum absolute atomic E-state index is 5.51. The van der Waals surface area contributed by atoms with Crippen molar-refractivity contribution < 1.29 is 4.74 Å². The third-order valence-corrected chi connectivity index (χ3v) is 4.99. The average molecular weight is 341 g/mol. The summed E-state index contributed by atoms with van der Waals surface area (Å²) in [5.41, 5.74) is 0. The fourth-order valence-electron chi connectivity index (χ4n) is 3.35. The molecule has 0 radical (unpaired) electrons. The predicted molar refractivity (Wildman–Crippen MR) is 110 cm³/mol. The lowest BCUT2D eigenvalue weighted by atomic mass is 10.0. The van der Waals surface area contributed by atoms with Crippen molar-refractivity contribution in [1.29, 1.82) is 0 Å². The van der Waals surface area contributed by atoms with E-state index < -0.39 is 0 Å². The van der Waals surface area contributed by atoms with Gasteiger partial charge in [-0.1, -0.05) is 123 Å². The van der Waals surface area contributed by atoms with Gasteiger partial charge in [-0.05, 0) is 12.8 Å². The van der Waals surface area contributed by atoms with E-state index in [1.165, 1.54) is 116 Å². The van der Waals surface area contributed by atoms with Crippen LogP contribution in [-0.4, -0.2) is 13.2 Å². The van der Waals surface area contributed by atoms with Crippen molar-refractivity contribution in [2.45, 2.75) is 136 Å². The predicted octanol–water partition coefficient (Wildman–Crippen LogP) is 8.45. The van der Waals surface area contributed by atoms with Crippen molar-refractivity contribution in [3.05, 3.63) is 0 Å². The molecule has 0 amide bonds. The molecule has 0 saturated carbocycles. The van der Waals surface area contributed by atoms with Crippen LogP contribution in [0.3, 0.4) is 0 Å². The quantitative estimate of drug-likeness (QED) is 0.190. The van der Waals surface area contributed by atoms with Crippen LogP contribution in [0.4, 0.5) is 0 Å². The molecule has 0 aromatic rings. The average Bonchev–Trinajstić information content (AvgIpc) is 2.60. The van der Waals surface area contributed by atoms with Gasteiger partial charge in [0.05, 0.1) is 0 Å². The topological polar surface area (TPSA) is 9.23 Å². The fourth-order valence-corrected chi connectivity index (χ4v) is 3.35. The SMILES string of the molecule is CCCCCCCCCCCCCCCCCCCCOCCC. The molecule has 0 atom stereocenters. The van der Waals surface area contributed by atoms with Gasteiger partial charge in [0.1, 0.15) is 0 Å². The molecule has 1 nitrogen and oxygen atoms in total. The Bertz CT molecular complexity index is 180. The van der Waals surface area contributed by atoms with Crippen LogP contribution in [0.2, 0.25) is 0 Å². The molecule has 0 aromatic carbocycles. The van der Waals surface area contributed by atoms with Crippen molar-refractivity contribution in [1.82, 2.24) is 0 Å². The van der Waals surface area contributed by atoms with Gasteiger partial charge in [0.2, 0.25) is 0 Å². The van der Waals surface area contributed by atoms with E-state index in [2.05, 4.69) is 13.8 Å². The van der Waals surface area contributed by atoms with Gasteiger partial charge in [-0.2, -0.15) is 0 Å². The molecular formula is C23H48O. The third kappa shape index (κ3) is 22.0. The minimum Gasteiger partial charge on any atom is -0.381 e. The molecule has 146 valence electrons. The molecule has 0 unspecified atom stereocenters. The molecule has 24 heavy (non-hydrogen) atoms. The van der Waals surface area contributed by atoms with E-state index in [1.807, 2.05) is 0 Å². The summed E-state index contributed by atoms with van der Waals surface area (Å²) in [4.78, 5) is 0. The Kier molecular flexibility index (Phi) is 22.9. The lowest BCUT2D eigenvalue weighted by Gasteiger charge is -2.04. The molecule has 0 saturated heterocycles. The van der Waals surface area contributed by atoms with Gasteiger partial charge in [0, 0.05) is 13.2 Å². The van der Waals surface area contributed by atoms with E-state index >= 15 is 0 Å².